The van der Waals surface area contributed by atoms with E-state index in [1.807, 2.05) is 42.5 Å². The molecule has 3 nitrogen and oxygen atoms in total. The Labute approximate surface area is 143 Å². The number of rotatable bonds is 5. The van der Waals surface area contributed by atoms with E-state index in [4.69, 9.17) is 9.15 Å². The van der Waals surface area contributed by atoms with Crippen molar-refractivity contribution in [2.45, 2.75) is 13.3 Å². The third-order valence-electron chi connectivity index (χ3n) is 3.68. The molecule has 0 spiro atoms. The molecule has 0 aliphatic heterocycles. The summed E-state index contributed by atoms with van der Waals surface area (Å²) in [7, 11) is 0. The third kappa shape index (κ3) is 3.17. The minimum atomic E-state index is -0.0421. The van der Waals surface area contributed by atoms with Gasteiger partial charge in [-0.3, -0.25) is 4.79 Å². The number of alkyl halides is 1. The summed E-state index contributed by atoms with van der Waals surface area (Å²) in [5.41, 5.74) is 2.00. The Kier molecular flexibility index (Phi) is 4.82. The fraction of sp³-hybridized carbons (Fsp3) is 0.211. The summed E-state index contributed by atoms with van der Waals surface area (Å²) in [6, 6.07) is 15.1. The highest BCUT2D eigenvalue weighted by molar-refractivity contribution is 9.09. The average Bonchev–Trinajstić information content (AvgIpc) is 2.59. The second-order valence-corrected chi connectivity index (χ2v) is 6.06. The highest BCUT2D eigenvalue weighted by Gasteiger charge is 2.15. The van der Waals surface area contributed by atoms with E-state index in [0.717, 1.165) is 17.3 Å². The van der Waals surface area contributed by atoms with Gasteiger partial charge in [0.15, 0.2) is 5.43 Å². The van der Waals surface area contributed by atoms with Gasteiger partial charge in [-0.25, -0.2) is 0 Å². The minimum absolute atomic E-state index is 0.0421. The number of hydrogen-bond donors (Lipinski definition) is 0. The molecule has 0 N–H and O–H groups in total. The lowest BCUT2D eigenvalue weighted by Gasteiger charge is -2.11. The number of benzene rings is 2. The molecule has 3 rings (SSSR count). The van der Waals surface area contributed by atoms with Crippen molar-refractivity contribution in [3.63, 3.8) is 0 Å². The monoisotopic (exact) mass is 372 g/mol. The smallest absolute Gasteiger partial charge is 0.199 e. The molecule has 0 radical (unpaired) electrons. The average molecular weight is 373 g/mol. The van der Waals surface area contributed by atoms with E-state index in [1.165, 1.54) is 0 Å². The third-order valence-corrected chi connectivity index (χ3v) is 4.24. The van der Waals surface area contributed by atoms with Gasteiger partial charge in [0.2, 0.25) is 0 Å². The van der Waals surface area contributed by atoms with Crippen LogP contribution in [0.2, 0.25) is 0 Å². The van der Waals surface area contributed by atoms with Gasteiger partial charge in [-0.15, -0.1) is 0 Å². The SMILES string of the molecule is Cc1c(-c2ccccc2)oc2cccc(OCCCBr)c2c1=O. The summed E-state index contributed by atoms with van der Waals surface area (Å²) < 4.78 is 11.8. The van der Waals surface area contributed by atoms with Crippen LogP contribution in [0.15, 0.2) is 57.7 Å². The molecular weight excluding hydrogens is 356 g/mol. The van der Waals surface area contributed by atoms with Gasteiger partial charge in [0.25, 0.3) is 0 Å². The van der Waals surface area contributed by atoms with Gasteiger partial charge >= 0.3 is 0 Å². The minimum Gasteiger partial charge on any atom is -0.493 e. The Morgan fingerprint density at radius 1 is 1.09 bits per heavy atom. The van der Waals surface area contributed by atoms with Gasteiger partial charge in [-0.05, 0) is 25.5 Å². The van der Waals surface area contributed by atoms with Crippen LogP contribution < -0.4 is 10.2 Å². The highest BCUT2D eigenvalue weighted by atomic mass is 79.9. The molecule has 3 aromatic rings. The molecule has 4 heteroatoms. The van der Waals surface area contributed by atoms with E-state index in [0.29, 0.717) is 34.6 Å². The van der Waals surface area contributed by atoms with Gasteiger partial charge in [0, 0.05) is 16.5 Å². The Balaban J connectivity index is 2.15. The molecule has 118 valence electrons. The fourth-order valence-electron chi connectivity index (χ4n) is 2.52. The Morgan fingerprint density at radius 3 is 2.61 bits per heavy atom. The van der Waals surface area contributed by atoms with Gasteiger partial charge < -0.3 is 9.15 Å². The van der Waals surface area contributed by atoms with Crippen LogP contribution >= 0.6 is 15.9 Å². The lowest BCUT2D eigenvalue weighted by molar-refractivity contribution is 0.322. The van der Waals surface area contributed by atoms with E-state index < -0.39 is 0 Å². The predicted octanol–water partition coefficient (Wildman–Crippen LogP) is 4.93. The second kappa shape index (κ2) is 7.01. The van der Waals surface area contributed by atoms with Crippen LogP contribution in [0.1, 0.15) is 12.0 Å². The van der Waals surface area contributed by atoms with Crippen LogP contribution in [0.25, 0.3) is 22.3 Å². The molecule has 0 fully saturated rings. The van der Waals surface area contributed by atoms with Gasteiger partial charge in [-0.2, -0.15) is 0 Å². The maximum absolute atomic E-state index is 12.8. The Bertz CT molecular complexity index is 869. The highest BCUT2D eigenvalue weighted by Crippen LogP contribution is 2.29. The summed E-state index contributed by atoms with van der Waals surface area (Å²) >= 11 is 3.37. The van der Waals surface area contributed by atoms with Crippen molar-refractivity contribution in [3.05, 3.63) is 64.3 Å². The first-order chi connectivity index (χ1) is 11.2. The zero-order valence-electron chi connectivity index (χ0n) is 12.8. The first-order valence-corrected chi connectivity index (χ1v) is 8.65. The van der Waals surface area contributed by atoms with E-state index >= 15 is 0 Å². The fourth-order valence-corrected chi connectivity index (χ4v) is 2.75. The van der Waals surface area contributed by atoms with Gasteiger partial charge in [0.05, 0.1) is 6.61 Å². The van der Waals surface area contributed by atoms with Crippen molar-refractivity contribution in [2.75, 3.05) is 11.9 Å². The normalized spacial score (nSPS) is 10.9. The number of fused-ring (bicyclic) bond motifs is 1. The molecule has 0 aliphatic rings. The van der Waals surface area contributed by atoms with Crippen LogP contribution in [0.3, 0.4) is 0 Å². The first kappa shape index (κ1) is 15.8. The number of ether oxygens (including phenoxy) is 1. The van der Waals surface area contributed by atoms with Crippen molar-refractivity contribution in [1.29, 1.82) is 0 Å². The molecule has 0 amide bonds. The van der Waals surface area contributed by atoms with Crippen molar-refractivity contribution < 1.29 is 9.15 Å². The van der Waals surface area contributed by atoms with Crippen molar-refractivity contribution in [2.24, 2.45) is 0 Å². The topological polar surface area (TPSA) is 39.4 Å². The predicted molar refractivity (Wildman–Crippen MR) is 96.6 cm³/mol. The van der Waals surface area contributed by atoms with E-state index in [1.54, 1.807) is 13.0 Å². The lowest BCUT2D eigenvalue weighted by atomic mass is 10.1. The zero-order valence-corrected chi connectivity index (χ0v) is 14.4. The number of halogens is 1. The molecular formula is C19H17BrO3. The molecule has 0 bridgehead atoms. The van der Waals surface area contributed by atoms with Crippen LogP contribution in [-0.2, 0) is 0 Å². The Hall–Kier alpha value is -2.07. The van der Waals surface area contributed by atoms with Crippen LogP contribution in [-0.4, -0.2) is 11.9 Å². The molecule has 23 heavy (non-hydrogen) atoms. The summed E-state index contributed by atoms with van der Waals surface area (Å²) in [5.74, 6) is 1.20. The summed E-state index contributed by atoms with van der Waals surface area (Å²) in [4.78, 5) is 12.8. The molecule has 1 heterocycles. The maximum Gasteiger partial charge on any atom is 0.199 e. The standard InChI is InChI=1S/C19H17BrO3/c1-13-18(21)17-15(22-12-6-11-20)9-5-10-16(17)23-19(13)14-7-3-2-4-8-14/h2-5,7-10H,6,11-12H2,1H3. The summed E-state index contributed by atoms with van der Waals surface area (Å²) in [5, 5.41) is 1.38. The molecule has 0 unspecified atom stereocenters. The van der Waals surface area contributed by atoms with E-state index in [2.05, 4.69) is 15.9 Å². The summed E-state index contributed by atoms with van der Waals surface area (Å²) in [6.45, 7) is 2.35. The molecule has 0 aliphatic carbocycles. The van der Waals surface area contributed by atoms with E-state index in [-0.39, 0.29) is 5.43 Å². The molecule has 0 saturated carbocycles. The van der Waals surface area contributed by atoms with Crippen LogP contribution in [0.5, 0.6) is 5.75 Å². The van der Waals surface area contributed by atoms with Gasteiger partial charge in [0.1, 0.15) is 22.5 Å². The summed E-state index contributed by atoms with van der Waals surface area (Å²) in [6.07, 6.45) is 0.878. The lowest BCUT2D eigenvalue weighted by Crippen LogP contribution is -2.10. The largest absolute Gasteiger partial charge is 0.493 e. The van der Waals surface area contributed by atoms with Crippen molar-refractivity contribution >= 4 is 26.9 Å². The Morgan fingerprint density at radius 2 is 1.87 bits per heavy atom. The maximum atomic E-state index is 12.8. The van der Waals surface area contributed by atoms with Gasteiger partial charge in [-0.1, -0.05) is 52.3 Å². The van der Waals surface area contributed by atoms with Crippen LogP contribution in [0, 0.1) is 6.92 Å². The van der Waals surface area contributed by atoms with Crippen molar-refractivity contribution in [1.82, 2.24) is 0 Å². The zero-order chi connectivity index (χ0) is 16.2. The molecule has 0 saturated heterocycles. The molecule has 2 aromatic carbocycles. The van der Waals surface area contributed by atoms with E-state index in [9.17, 15) is 4.79 Å². The van der Waals surface area contributed by atoms with Crippen molar-refractivity contribution in [3.8, 4) is 17.1 Å². The molecule has 0 atom stereocenters. The number of hydrogen-bond acceptors (Lipinski definition) is 3. The first-order valence-electron chi connectivity index (χ1n) is 7.53. The van der Waals surface area contributed by atoms with Crippen LogP contribution in [0.4, 0.5) is 0 Å². The quantitative estimate of drug-likeness (QED) is 0.470. The second-order valence-electron chi connectivity index (χ2n) is 5.27. The molecule has 1 aromatic heterocycles.